The number of aromatic nitrogens is 2. The van der Waals surface area contributed by atoms with Crippen LogP contribution in [0.25, 0.3) is 0 Å². The summed E-state index contributed by atoms with van der Waals surface area (Å²) in [6, 6.07) is 8.25. The zero-order chi connectivity index (χ0) is 26.1. The van der Waals surface area contributed by atoms with Crippen LogP contribution in [-0.4, -0.2) is 46.9 Å². The van der Waals surface area contributed by atoms with Gasteiger partial charge in [-0.05, 0) is 81.7 Å². The fourth-order valence-electron chi connectivity index (χ4n) is 3.18. The SMILES string of the molecule is CCC.CCCNCC.CCNCC1=C(C)N=C(c2ccnc(Nc3cc(C)cc(C)c3)n2)SC1. The smallest absolute Gasteiger partial charge is 0.227 e. The molecule has 0 bridgehead atoms. The summed E-state index contributed by atoms with van der Waals surface area (Å²) in [6.45, 7) is 21.0. The van der Waals surface area contributed by atoms with Crippen molar-refractivity contribution >= 4 is 28.4 Å². The van der Waals surface area contributed by atoms with Crippen LogP contribution >= 0.6 is 11.8 Å². The van der Waals surface area contributed by atoms with E-state index in [0.29, 0.717) is 5.95 Å². The van der Waals surface area contributed by atoms with E-state index < -0.39 is 0 Å². The van der Waals surface area contributed by atoms with Gasteiger partial charge in [-0.1, -0.05) is 58.9 Å². The first kappa shape index (κ1) is 30.8. The Morgan fingerprint density at radius 3 is 2.11 bits per heavy atom. The summed E-state index contributed by atoms with van der Waals surface area (Å²) in [5, 5.41) is 10.8. The second-order valence-corrected chi connectivity index (χ2v) is 9.47. The number of benzene rings is 1. The maximum Gasteiger partial charge on any atom is 0.227 e. The summed E-state index contributed by atoms with van der Waals surface area (Å²) < 4.78 is 0. The first-order chi connectivity index (χ1) is 16.9. The molecule has 0 atom stereocenters. The fraction of sp³-hybridized carbons (Fsp3) is 0.536. The third-order valence-corrected chi connectivity index (χ3v) is 5.85. The van der Waals surface area contributed by atoms with Gasteiger partial charge in [-0.2, -0.15) is 0 Å². The van der Waals surface area contributed by atoms with Crippen LogP contribution in [-0.2, 0) is 0 Å². The lowest BCUT2D eigenvalue weighted by Gasteiger charge is -2.17. The van der Waals surface area contributed by atoms with Crippen molar-refractivity contribution in [3.8, 4) is 0 Å². The maximum absolute atomic E-state index is 4.76. The quantitative estimate of drug-likeness (QED) is 0.337. The van der Waals surface area contributed by atoms with Gasteiger partial charge in [-0.25, -0.2) is 15.0 Å². The molecule has 0 fully saturated rings. The normalized spacial score (nSPS) is 12.7. The van der Waals surface area contributed by atoms with Crippen molar-refractivity contribution < 1.29 is 0 Å². The van der Waals surface area contributed by atoms with Crippen LogP contribution in [0.1, 0.15) is 71.2 Å². The van der Waals surface area contributed by atoms with Crippen LogP contribution in [0.2, 0.25) is 0 Å². The minimum absolute atomic E-state index is 0.593. The van der Waals surface area contributed by atoms with Gasteiger partial charge < -0.3 is 16.0 Å². The molecule has 0 unspecified atom stereocenters. The topological polar surface area (TPSA) is 74.2 Å². The molecule has 3 rings (SSSR count). The van der Waals surface area contributed by atoms with Crippen LogP contribution in [0.3, 0.4) is 0 Å². The summed E-state index contributed by atoms with van der Waals surface area (Å²) in [5.74, 6) is 1.54. The molecule has 0 radical (unpaired) electrons. The predicted octanol–water partition coefficient (Wildman–Crippen LogP) is 6.64. The molecule has 0 saturated carbocycles. The summed E-state index contributed by atoms with van der Waals surface area (Å²) in [5.41, 5.74) is 6.72. The van der Waals surface area contributed by atoms with E-state index in [-0.39, 0.29) is 0 Å². The number of nitrogens with zero attached hydrogens (tertiary/aromatic N) is 3. The van der Waals surface area contributed by atoms with Gasteiger partial charge in [-0.15, -0.1) is 0 Å². The Morgan fingerprint density at radius 1 is 0.914 bits per heavy atom. The molecule has 7 heteroatoms. The van der Waals surface area contributed by atoms with Crippen LogP contribution in [0.4, 0.5) is 11.6 Å². The number of hydrogen-bond donors (Lipinski definition) is 3. The highest BCUT2D eigenvalue weighted by molar-refractivity contribution is 8.14. The van der Waals surface area contributed by atoms with Gasteiger partial charge in [0.25, 0.3) is 0 Å². The van der Waals surface area contributed by atoms with E-state index >= 15 is 0 Å². The number of anilines is 2. The highest BCUT2D eigenvalue weighted by Gasteiger charge is 2.16. The number of hydrogen-bond acceptors (Lipinski definition) is 7. The molecule has 3 N–H and O–H groups in total. The van der Waals surface area contributed by atoms with Gasteiger partial charge >= 0.3 is 0 Å². The molecule has 35 heavy (non-hydrogen) atoms. The van der Waals surface area contributed by atoms with Crippen molar-refractivity contribution in [2.24, 2.45) is 4.99 Å². The van der Waals surface area contributed by atoms with Crippen LogP contribution < -0.4 is 16.0 Å². The zero-order valence-corrected chi connectivity index (χ0v) is 23.9. The fourth-order valence-corrected chi connectivity index (χ4v) is 4.26. The molecule has 1 aromatic heterocycles. The highest BCUT2D eigenvalue weighted by atomic mass is 32.2. The van der Waals surface area contributed by atoms with Crippen molar-refractivity contribution in [3.63, 3.8) is 0 Å². The predicted molar refractivity (Wildman–Crippen MR) is 156 cm³/mol. The Morgan fingerprint density at radius 2 is 1.57 bits per heavy atom. The third kappa shape index (κ3) is 12.3. The molecule has 0 saturated heterocycles. The van der Waals surface area contributed by atoms with E-state index in [0.717, 1.165) is 54.1 Å². The lowest BCUT2D eigenvalue weighted by molar-refractivity contribution is 0.703. The largest absolute Gasteiger partial charge is 0.324 e. The first-order valence-corrected chi connectivity index (χ1v) is 13.9. The van der Waals surface area contributed by atoms with E-state index in [1.54, 1.807) is 18.0 Å². The molecule has 1 aliphatic heterocycles. The molecule has 2 heterocycles. The Labute approximate surface area is 217 Å². The first-order valence-electron chi connectivity index (χ1n) is 12.9. The number of rotatable bonds is 9. The van der Waals surface area contributed by atoms with Crippen molar-refractivity contribution in [2.75, 3.05) is 37.2 Å². The van der Waals surface area contributed by atoms with Gasteiger partial charge in [-0.3, -0.25) is 0 Å². The van der Waals surface area contributed by atoms with Crippen LogP contribution in [0.5, 0.6) is 0 Å². The van der Waals surface area contributed by atoms with Crippen molar-refractivity contribution in [2.45, 2.75) is 68.2 Å². The Hall–Kier alpha value is -2.22. The minimum Gasteiger partial charge on any atom is -0.324 e. The molecule has 0 amide bonds. The second-order valence-electron chi connectivity index (χ2n) is 8.50. The standard InChI is InChI=1S/C20H25N5S.C5H13N.C3H8/c1-5-21-11-16-12-26-19(23-15(16)4)18-6-7-22-20(25-18)24-17-9-13(2)8-14(3)10-17;1-3-5-6-4-2;1-3-2/h6-10,21H,5,11-12H2,1-4H3,(H,22,24,25);6H,3-5H2,1-2H3;3H2,1-2H3. The third-order valence-electron chi connectivity index (χ3n) is 4.78. The van der Waals surface area contributed by atoms with Crippen LogP contribution in [0, 0.1) is 13.8 Å². The van der Waals surface area contributed by atoms with E-state index in [1.165, 1.54) is 29.5 Å². The van der Waals surface area contributed by atoms with Gasteiger partial charge in [0.2, 0.25) is 5.95 Å². The van der Waals surface area contributed by atoms with Gasteiger partial charge in [0.15, 0.2) is 0 Å². The Kier molecular flexibility index (Phi) is 15.9. The van der Waals surface area contributed by atoms with E-state index in [9.17, 15) is 0 Å². The average molecular weight is 499 g/mol. The lowest BCUT2D eigenvalue weighted by atomic mass is 10.1. The van der Waals surface area contributed by atoms with Crippen molar-refractivity contribution in [1.82, 2.24) is 20.6 Å². The maximum atomic E-state index is 4.76. The molecule has 0 spiro atoms. The summed E-state index contributed by atoms with van der Waals surface area (Å²) in [4.78, 5) is 13.8. The number of likely N-dealkylation sites (N-methyl/N-ethyl adjacent to an activating group) is 1. The van der Waals surface area contributed by atoms with Crippen molar-refractivity contribution in [1.29, 1.82) is 0 Å². The van der Waals surface area contributed by atoms with Crippen LogP contribution in [0.15, 0.2) is 46.7 Å². The second kappa shape index (κ2) is 18.1. The number of allylic oxidation sites excluding steroid dienone is 1. The Balaban J connectivity index is 0.000000586. The minimum atomic E-state index is 0.593. The molecule has 2 aromatic rings. The van der Waals surface area contributed by atoms with Gasteiger partial charge in [0.1, 0.15) is 10.7 Å². The lowest BCUT2D eigenvalue weighted by Crippen LogP contribution is -2.20. The molecular formula is C28H46N6S. The zero-order valence-electron chi connectivity index (χ0n) is 23.1. The van der Waals surface area contributed by atoms with E-state index in [4.69, 9.17) is 4.99 Å². The number of aliphatic imine (C=N–C) groups is 1. The summed E-state index contributed by atoms with van der Waals surface area (Å²) in [7, 11) is 0. The molecular weight excluding hydrogens is 452 g/mol. The molecule has 0 aliphatic carbocycles. The Bertz CT molecular complexity index is 915. The summed E-state index contributed by atoms with van der Waals surface area (Å²) in [6.07, 6.45) is 4.28. The molecule has 6 nitrogen and oxygen atoms in total. The van der Waals surface area contributed by atoms with Gasteiger partial charge in [0.05, 0.1) is 0 Å². The van der Waals surface area contributed by atoms with E-state index in [1.807, 2.05) is 6.07 Å². The average Bonchev–Trinajstić information content (AvgIpc) is 2.82. The number of nitrogens with one attached hydrogen (secondary N) is 3. The summed E-state index contributed by atoms with van der Waals surface area (Å²) >= 11 is 1.73. The van der Waals surface area contributed by atoms with E-state index in [2.05, 4.69) is 99.5 Å². The van der Waals surface area contributed by atoms with Crippen molar-refractivity contribution in [3.05, 3.63) is 58.6 Å². The van der Waals surface area contributed by atoms with Gasteiger partial charge in [0, 0.05) is 29.9 Å². The number of aryl methyl sites for hydroxylation is 2. The molecule has 1 aromatic carbocycles. The highest BCUT2D eigenvalue weighted by Crippen LogP contribution is 2.25. The number of thioether (sulfide) groups is 1. The molecule has 194 valence electrons. The monoisotopic (exact) mass is 498 g/mol. The molecule has 1 aliphatic rings.